The van der Waals surface area contributed by atoms with Gasteiger partial charge in [0.25, 0.3) is 5.91 Å². The largest absolute Gasteiger partial charge is 0.325 e. The predicted molar refractivity (Wildman–Crippen MR) is 113 cm³/mol. The lowest BCUT2D eigenvalue weighted by Crippen LogP contribution is -2.19. The Bertz CT molecular complexity index is 1040. The molecule has 3 rings (SSSR count). The zero-order valence-corrected chi connectivity index (χ0v) is 17.4. The Morgan fingerprint density at radius 2 is 1.75 bits per heavy atom. The predicted octanol–water partition coefficient (Wildman–Crippen LogP) is 5.56. The minimum absolute atomic E-state index is 0.287. The van der Waals surface area contributed by atoms with Crippen LogP contribution in [0.4, 0.5) is 25.7 Å². The van der Waals surface area contributed by atoms with Gasteiger partial charge in [-0.15, -0.1) is 0 Å². The number of amides is 3. The van der Waals surface area contributed by atoms with Crippen LogP contribution in [0.25, 0.3) is 0 Å². The molecule has 3 amide bonds. The van der Waals surface area contributed by atoms with Crippen molar-refractivity contribution in [3.63, 3.8) is 0 Å². The normalized spacial score (nSPS) is 10.4. The molecule has 6 nitrogen and oxygen atoms in total. The molecule has 0 unspecified atom stereocenters. The van der Waals surface area contributed by atoms with E-state index in [1.165, 1.54) is 24.3 Å². The van der Waals surface area contributed by atoms with Crippen LogP contribution in [0.3, 0.4) is 0 Å². The molecule has 28 heavy (non-hydrogen) atoms. The molecule has 0 fully saturated rings. The Hall–Kier alpha value is -2.78. The van der Waals surface area contributed by atoms with Gasteiger partial charge in [-0.3, -0.25) is 10.1 Å². The average Bonchev–Trinajstić information content (AvgIpc) is 2.99. The number of hydrogen-bond acceptors (Lipinski definition) is 4. The molecule has 0 aliphatic carbocycles. The van der Waals surface area contributed by atoms with Gasteiger partial charge in [0.2, 0.25) is 0 Å². The maximum Gasteiger partial charge on any atom is 0.325 e. The highest BCUT2D eigenvalue weighted by molar-refractivity contribution is 9.10. The molecule has 1 aromatic heterocycles. The summed E-state index contributed by atoms with van der Waals surface area (Å²) in [5.74, 6) is -0.689. The third kappa shape index (κ3) is 4.93. The van der Waals surface area contributed by atoms with E-state index in [0.717, 1.165) is 21.4 Å². The van der Waals surface area contributed by atoms with Crippen molar-refractivity contribution in [1.29, 1.82) is 0 Å². The van der Waals surface area contributed by atoms with Crippen molar-refractivity contribution in [3.05, 3.63) is 68.9 Å². The molecule has 0 aliphatic rings. The summed E-state index contributed by atoms with van der Waals surface area (Å²) in [5.41, 5.74) is 2.57. The number of carbonyl (C=O) groups excluding carboxylic acids is 2. The molecule has 3 aromatic rings. The third-order valence-electron chi connectivity index (χ3n) is 3.76. The van der Waals surface area contributed by atoms with Crippen LogP contribution >= 0.6 is 27.3 Å². The van der Waals surface area contributed by atoms with E-state index in [2.05, 4.69) is 36.9 Å². The Balaban J connectivity index is 1.67. The minimum Gasteiger partial charge on any atom is -0.321 e. The van der Waals surface area contributed by atoms with E-state index < -0.39 is 11.8 Å². The summed E-state index contributed by atoms with van der Waals surface area (Å²) >= 11 is 4.46. The number of hydrogen-bond donors (Lipinski definition) is 3. The Kier molecular flexibility index (Phi) is 6.05. The molecule has 144 valence electrons. The Morgan fingerprint density at radius 1 is 1.04 bits per heavy atom. The van der Waals surface area contributed by atoms with Crippen molar-refractivity contribution in [2.24, 2.45) is 0 Å². The number of aromatic nitrogens is 1. The molecule has 2 aromatic carbocycles. The van der Waals surface area contributed by atoms with E-state index in [1.54, 1.807) is 6.92 Å². The smallest absolute Gasteiger partial charge is 0.321 e. The van der Waals surface area contributed by atoms with E-state index in [-0.39, 0.29) is 11.0 Å². The fraction of sp³-hybridized carbons (Fsp3) is 0.105. The van der Waals surface area contributed by atoms with Crippen molar-refractivity contribution < 1.29 is 14.0 Å². The lowest BCUT2D eigenvalue weighted by atomic mass is 10.2. The Morgan fingerprint density at radius 3 is 2.43 bits per heavy atom. The number of urea groups is 1. The quantitative estimate of drug-likeness (QED) is 0.474. The number of nitrogens with one attached hydrogen (secondary N) is 3. The van der Waals surface area contributed by atoms with Gasteiger partial charge in [-0.05, 0) is 61.9 Å². The standard InChI is InChI=1S/C19H16BrFN4O2S/c1-10-9-12(20)3-8-15(10)24-17(26)16-11(2)22-19(28-16)25-18(27)23-14-6-4-13(21)5-7-14/h3-9H,1-2H3,(H,24,26)(H2,22,23,25,27). The van der Waals surface area contributed by atoms with Gasteiger partial charge in [-0.1, -0.05) is 27.3 Å². The van der Waals surface area contributed by atoms with Crippen LogP contribution in [-0.4, -0.2) is 16.9 Å². The second-order valence-corrected chi connectivity index (χ2v) is 7.85. The number of thiazole rings is 1. The van der Waals surface area contributed by atoms with Crippen LogP contribution in [0.2, 0.25) is 0 Å². The van der Waals surface area contributed by atoms with Gasteiger partial charge in [0, 0.05) is 15.8 Å². The number of rotatable bonds is 4. The summed E-state index contributed by atoms with van der Waals surface area (Å²) in [6, 6.07) is 10.4. The lowest BCUT2D eigenvalue weighted by Gasteiger charge is -2.08. The van der Waals surface area contributed by atoms with Crippen LogP contribution in [0.1, 0.15) is 20.9 Å². The number of halogens is 2. The molecule has 9 heteroatoms. The fourth-order valence-electron chi connectivity index (χ4n) is 2.40. The zero-order chi connectivity index (χ0) is 20.3. The molecule has 0 spiro atoms. The molecule has 3 N–H and O–H groups in total. The molecule has 0 bridgehead atoms. The van der Waals surface area contributed by atoms with Crippen molar-refractivity contribution in [3.8, 4) is 0 Å². The van der Waals surface area contributed by atoms with E-state index >= 15 is 0 Å². The van der Waals surface area contributed by atoms with Crippen molar-refractivity contribution >= 4 is 55.7 Å². The summed E-state index contributed by atoms with van der Waals surface area (Å²) in [4.78, 5) is 29.3. The van der Waals surface area contributed by atoms with Crippen molar-refractivity contribution in [2.75, 3.05) is 16.0 Å². The van der Waals surface area contributed by atoms with Gasteiger partial charge in [-0.25, -0.2) is 14.2 Å². The molecule has 0 saturated carbocycles. The lowest BCUT2D eigenvalue weighted by molar-refractivity contribution is 0.102. The van der Waals surface area contributed by atoms with Gasteiger partial charge in [-0.2, -0.15) is 0 Å². The summed E-state index contributed by atoms with van der Waals surface area (Å²) in [6.45, 7) is 3.59. The van der Waals surface area contributed by atoms with Crippen LogP contribution in [0.15, 0.2) is 46.9 Å². The summed E-state index contributed by atoms with van der Waals surface area (Å²) in [5, 5.41) is 8.29. The van der Waals surface area contributed by atoms with E-state index in [0.29, 0.717) is 21.9 Å². The Labute approximate surface area is 173 Å². The second-order valence-electron chi connectivity index (χ2n) is 5.93. The number of benzene rings is 2. The zero-order valence-electron chi connectivity index (χ0n) is 15.0. The molecule has 0 radical (unpaired) electrons. The molecule has 0 saturated heterocycles. The van der Waals surface area contributed by atoms with E-state index in [4.69, 9.17) is 0 Å². The molecule has 0 aliphatic heterocycles. The number of anilines is 3. The van der Waals surface area contributed by atoms with Crippen LogP contribution in [0.5, 0.6) is 0 Å². The molecular weight excluding hydrogens is 447 g/mol. The summed E-state index contributed by atoms with van der Waals surface area (Å²) in [7, 11) is 0. The topological polar surface area (TPSA) is 83.1 Å². The fourth-order valence-corrected chi connectivity index (χ4v) is 3.73. The van der Waals surface area contributed by atoms with Gasteiger partial charge >= 0.3 is 6.03 Å². The highest BCUT2D eigenvalue weighted by Crippen LogP contribution is 2.26. The van der Waals surface area contributed by atoms with Crippen LogP contribution in [-0.2, 0) is 0 Å². The van der Waals surface area contributed by atoms with Gasteiger partial charge in [0.15, 0.2) is 5.13 Å². The molecule has 0 atom stereocenters. The number of aryl methyl sites for hydroxylation is 2. The monoisotopic (exact) mass is 462 g/mol. The van der Waals surface area contributed by atoms with Gasteiger partial charge < -0.3 is 10.6 Å². The average molecular weight is 463 g/mol. The summed E-state index contributed by atoms with van der Waals surface area (Å²) < 4.78 is 13.8. The highest BCUT2D eigenvalue weighted by Gasteiger charge is 2.17. The van der Waals surface area contributed by atoms with E-state index in [9.17, 15) is 14.0 Å². The summed E-state index contributed by atoms with van der Waals surface area (Å²) in [6.07, 6.45) is 0. The van der Waals surface area contributed by atoms with Crippen LogP contribution < -0.4 is 16.0 Å². The first kappa shape index (κ1) is 20.0. The number of nitrogens with zero attached hydrogens (tertiary/aromatic N) is 1. The highest BCUT2D eigenvalue weighted by atomic mass is 79.9. The first-order valence-electron chi connectivity index (χ1n) is 8.20. The first-order valence-corrected chi connectivity index (χ1v) is 9.81. The number of carbonyl (C=O) groups is 2. The third-order valence-corrected chi connectivity index (χ3v) is 5.33. The van der Waals surface area contributed by atoms with Gasteiger partial charge in [0.05, 0.1) is 5.69 Å². The SMILES string of the molecule is Cc1cc(Br)ccc1NC(=O)c1sc(NC(=O)Nc2ccc(F)cc2)nc1C. The van der Waals surface area contributed by atoms with E-state index in [1.807, 2.05) is 25.1 Å². The van der Waals surface area contributed by atoms with Crippen molar-refractivity contribution in [1.82, 2.24) is 4.98 Å². The molecule has 1 heterocycles. The maximum atomic E-state index is 12.9. The molecular formula is C19H16BrFN4O2S. The van der Waals surface area contributed by atoms with Crippen LogP contribution in [0, 0.1) is 19.7 Å². The first-order chi connectivity index (χ1) is 13.3. The second kappa shape index (κ2) is 8.49. The van der Waals surface area contributed by atoms with Gasteiger partial charge in [0.1, 0.15) is 10.7 Å². The maximum absolute atomic E-state index is 12.9. The minimum atomic E-state index is -0.531. The van der Waals surface area contributed by atoms with Crippen molar-refractivity contribution in [2.45, 2.75) is 13.8 Å².